The highest BCUT2D eigenvalue weighted by molar-refractivity contribution is 5.82. The Morgan fingerprint density at radius 3 is 2.83 bits per heavy atom. The first-order valence-corrected chi connectivity index (χ1v) is 7.58. The molecule has 0 aromatic carbocycles. The van der Waals surface area contributed by atoms with Crippen LogP contribution in [0.25, 0.3) is 11.2 Å². The standard InChI is InChI=1S/C15H17N5O3/c1-2-9-11(21)12(22)15(23-9)20-7-19-10-13(16-5-8-3-4-8)17-6-18-14(10)20/h1,6-9,11-12,15,21-22H,3-5H2,(H,16,17,18)/t9-,11-,12-,15-/m1/s1. The predicted octanol–water partition coefficient (Wildman–Crippen LogP) is -0.0994. The fraction of sp³-hybridized carbons (Fsp3) is 0.533. The molecule has 2 aliphatic rings. The second-order valence-corrected chi connectivity index (χ2v) is 5.97. The zero-order chi connectivity index (χ0) is 16.0. The fourth-order valence-electron chi connectivity index (χ4n) is 2.76. The number of nitrogens with one attached hydrogen (secondary N) is 1. The van der Waals surface area contributed by atoms with Gasteiger partial charge in [-0.3, -0.25) is 4.57 Å². The molecule has 2 fully saturated rings. The van der Waals surface area contributed by atoms with Gasteiger partial charge >= 0.3 is 0 Å². The molecule has 4 atom stereocenters. The monoisotopic (exact) mass is 315 g/mol. The van der Waals surface area contributed by atoms with E-state index < -0.39 is 24.5 Å². The first-order chi connectivity index (χ1) is 11.2. The molecule has 0 spiro atoms. The largest absolute Gasteiger partial charge is 0.386 e. The number of anilines is 1. The Hall–Kier alpha value is -2.21. The highest BCUT2D eigenvalue weighted by atomic mass is 16.6. The van der Waals surface area contributed by atoms with Crippen LogP contribution in [0.1, 0.15) is 19.1 Å². The van der Waals surface area contributed by atoms with Gasteiger partial charge in [-0.05, 0) is 18.8 Å². The quantitative estimate of drug-likeness (QED) is 0.677. The van der Waals surface area contributed by atoms with Crippen molar-refractivity contribution in [2.45, 2.75) is 37.4 Å². The van der Waals surface area contributed by atoms with Crippen LogP contribution in [0.4, 0.5) is 5.82 Å². The zero-order valence-corrected chi connectivity index (χ0v) is 12.3. The van der Waals surface area contributed by atoms with Crippen LogP contribution in [-0.2, 0) is 4.74 Å². The van der Waals surface area contributed by atoms with Gasteiger partial charge in [0.15, 0.2) is 23.2 Å². The molecule has 3 N–H and O–H groups in total. The summed E-state index contributed by atoms with van der Waals surface area (Å²) in [4.78, 5) is 12.8. The van der Waals surface area contributed by atoms with Crippen LogP contribution in [0, 0.1) is 18.3 Å². The molecular weight excluding hydrogens is 298 g/mol. The normalized spacial score (nSPS) is 30.5. The highest BCUT2D eigenvalue weighted by Gasteiger charge is 2.43. The van der Waals surface area contributed by atoms with E-state index in [-0.39, 0.29) is 0 Å². The third-order valence-corrected chi connectivity index (χ3v) is 4.29. The number of fused-ring (bicyclic) bond motifs is 1. The Balaban J connectivity index is 1.66. The number of terminal acetylenes is 1. The van der Waals surface area contributed by atoms with Crippen molar-refractivity contribution < 1.29 is 14.9 Å². The Kier molecular flexibility index (Phi) is 3.41. The Morgan fingerprint density at radius 2 is 2.13 bits per heavy atom. The number of hydrogen-bond donors (Lipinski definition) is 3. The van der Waals surface area contributed by atoms with Crippen LogP contribution in [0.2, 0.25) is 0 Å². The lowest BCUT2D eigenvalue weighted by Crippen LogP contribution is -2.30. The van der Waals surface area contributed by atoms with Crippen molar-refractivity contribution in [3.63, 3.8) is 0 Å². The Morgan fingerprint density at radius 1 is 1.30 bits per heavy atom. The van der Waals surface area contributed by atoms with E-state index in [0.717, 1.165) is 6.54 Å². The lowest BCUT2D eigenvalue weighted by atomic mass is 10.1. The van der Waals surface area contributed by atoms with Crippen LogP contribution in [-0.4, -0.2) is 54.6 Å². The van der Waals surface area contributed by atoms with Crippen molar-refractivity contribution in [3.8, 4) is 12.3 Å². The van der Waals surface area contributed by atoms with Crippen LogP contribution in [0.5, 0.6) is 0 Å². The van der Waals surface area contributed by atoms with Gasteiger partial charge in [0.05, 0.1) is 6.33 Å². The van der Waals surface area contributed by atoms with E-state index in [0.29, 0.717) is 22.9 Å². The number of ether oxygens (including phenoxy) is 1. The summed E-state index contributed by atoms with van der Waals surface area (Å²) in [5.41, 5.74) is 1.12. The maximum absolute atomic E-state index is 10.2. The lowest BCUT2D eigenvalue weighted by molar-refractivity contribution is -0.0230. The molecular formula is C15H17N5O3. The second kappa shape index (κ2) is 5.45. The summed E-state index contributed by atoms with van der Waals surface area (Å²) in [5, 5.41) is 23.4. The van der Waals surface area contributed by atoms with Gasteiger partial charge in [-0.2, -0.15) is 0 Å². The second-order valence-electron chi connectivity index (χ2n) is 5.97. The number of aromatic nitrogens is 4. The third-order valence-electron chi connectivity index (χ3n) is 4.29. The van der Waals surface area contributed by atoms with Crippen molar-refractivity contribution in [1.82, 2.24) is 19.5 Å². The van der Waals surface area contributed by atoms with Gasteiger partial charge in [-0.1, -0.05) is 5.92 Å². The van der Waals surface area contributed by atoms with Gasteiger partial charge < -0.3 is 20.3 Å². The molecule has 8 heteroatoms. The smallest absolute Gasteiger partial charge is 0.167 e. The number of rotatable bonds is 4. The van der Waals surface area contributed by atoms with Gasteiger partial charge in [-0.15, -0.1) is 6.42 Å². The van der Waals surface area contributed by atoms with Crippen molar-refractivity contribution in [3.05, 3.63) is 12.7 Å². The van der Waals surface area contributed by atoms with Gasteiger partial charge in [0, 0.05) is 6.54 Å². The lowest BCUT2D eigenvalue weighted by Gasteiger charge is -2.16. The first kappa shape index (κ1) is 14.4. The summed E-state index contributed by atoms with van der Waals surface area (Å²) >= 11 is 0. The van der Waals surface area contributed by atoms with Crippen LogP contribution < -0.4 is 5.32 Å². The number of hydrogen-bond acceptors (Lipinski definition) is 7. The molecule has 1 saturated heterocycles. The molecule has 4 rings (SSSR count). The molecule has 0 unspecified atom stereocenters. The van der Waals surface area contributed by atoms with E-state index in [1.54, 1.807) is 4.57 Å². The first-order valence-electron chi connectivity index (χ1n) is 7.58. The SMILES string of the molecule is C#C[C@H]1O[C@@H](n2cnc3c(NCC4CC4)ncnc32)[C@H](O)[C@@H]1O. The number of aliphatic hydroxyl groups is 2. The van der Waals surface area contributed by atoms with E-state index in [2.05, 4.69) is 26.2 Å². The summed E-state index contributed by atoms with van der Waals surface area (Å²) < 4.78 is 7.12. The molecule has 2 aromatic heterocycles. The topological polar surface area (TPSA) is 105 Å². The Labute approximate surface area is 132 Å². The van der Waals surface area contributed by atoms with Crippen LogP contribution in [0.3, 0.4) is 0 Å². The van der Waals surface area contributed by atoms with E-state index in [1.165, 1.54) is 25.5 Å². The van der Waals surface area contributed by atoms with Gasteiger partial charge in [0.1, 0.15) is 24.6 Å². The van der Waals surface area contributed by atoms with Crippen molar-refractivity contribution >= 4 is 17.0 Å². The fourth-order valence-corrected chi connectivity index (χ4v) is 2.76. The summed E-state index contributed by atoms with van der Waals surface area (Å²) in [6.07, 6.45) is 6.76. The molecule has 120 valence electrons. The summed E-state index contributed by atoms with van der Waals surface area (Å²) in [6.45, 7) is 0.861. The Bertz CT molecular complexity index is 766. The van der Waals surface area contributed by atoms with E-state index in [4.69, 9.17) is 11.2 Å². The van der Waals surface area contributed by atoms with Crippen molar-refractivity contribution in [1.29, 1.82) is 0 Å². The van der Waals surface area contributed by atoms with Gasteiger partial charge in [-0.25, -0.2) is 15.0 Å². The summed E-state index contributed by atoms with van der Waals surface area (Å²) in [5.74, 6) is 3.68. The molecule has 0 amide bonds. The van der Waals surface area contributed by atoms with E-state index in [1.807, 2.05) is 0 Å². The maximum atomic E-state index is 10.2. The van der Waals surface area contributed by atoms with Crippen LogP contribution in [0.15, 0.2) is 12.7 Å². The average molecular weight is 315 g/mol. The number of aliphatic hydroxyl groups excluding tert-OH is 2. The molecule has 2 aromatic rings. The van der Waals surface area contributed by atoms with E-state index in [9.17, 15) is 10.2 Å². The minimum Gasteiger partial charge on any atom is -0.386 e. The molecule has 23 heavy (non-hydrogen) atoms. The predicted molar refractivity (Wildman–Crippen MR) is 81.3 cm³/mol. The molecule has 1 aliphatic carbocycles. The van der Waals surface area contributed by atoms with E-state index >= 15 is 0 Å². The molecule has 8 nitrogen and oxygen atoms in total. The minimum absolute atomic E-state index is 0.521. The van der Waals surface area contributed by atoms with Crippen molar-refractivity contribution in [2.75, 3.05) is 11.9 Å². The van der Waals surface area contributed by atoms with Gasteiger partial charge in [0.2, 0.25) is 0 Å². The molecule has 0 bridgehead atoms. The molecule has 0 radical (unpaired) electrons. The summed E-state index contributed by atoms with van der Waals surface area (Å²) in [7, 11) is 0. The molecule has 1 saturated carbocycles. The van der Waals surface area contributed by atoms with Crippen LogP contribution >= 0.6 is 0 Å². The summed E-state index contributed by atoms with van der Waals surface area (Å²) in [6, 6.07) is 0. The third kappa shape index (κ3) is 2.43. The van der Waals surface area contributed by atoms with Gasteiger partial charge in [0.25, 0.3) is 0 Å². The zero-order valence-electron chi connectivity index (χ0n) is 12.3. The number of imidazole rings is 1. The average Bonchev–Trinajstić information content (AvgIpc) is 3.23. The molecule has 3 heterocycles. The molecule has 1 aliphatic heterocycles. The minimum atomic E-state index is -1.15. The highest BCUT2D eigenvalue weighted by Crippen LogP contribution is 2.33. The number of nitrogens with zero attached hydrogens (tertiary/aromatic N) is 4. The maximum Gasteiger partial charge on any atom is 0.167 e. The van der Waals surface area contributed by atoms with Crippen molar-refractivity contribution in [2.24, 2.45) is 5.92 Å².